The van der Waals surface area contributed by atoms with Gasteiger partial charge in [0.1, 0.15) is 5.75 Å². The molecule has 0 aromatic heterocycles. The summed E-state index contributed by atoms with van der Waals surface area (Å²) >= 11 is 0. The van der Waals surface area contributed by atoms with Crippen LogP contribution in [0.5, 0.6) is 17.2 Å². The third kappa shape index (κ3) is 2.64. The normalized spacial score (nSPS) is 9.14. The highest BCUT2D eigenvalue weighted by Gasteiger charge is 2.16. The molecule has 0 radical (unpaired) electrons. The lowest BCUT2D eigenvalue weighted by Crippen LogP contribution is -2.00. The number of carbonyl (C=O) groups is 1. The van der Waals surface area contributed by atoms with E-state index >= 15 is 0 Å². The Kier molecular flexibility index (Phi) is 3.94. The molecule has 22 heavy (non-hydrogen) atoms. The summed E-state index contributed by atoms with van der Waals surface area (Å²) in [5.74, 6) is -1.41. The van der Waals surface area contributed by atoms with E-state index in [2.05, 4.69) is 14.2 Å². The molecule has 0 aliphatic heterocycles. The van der Waals surface area contributed by atoms with E-state index in [1.54, 1.807) is 0 Å². The predicted octanol–water partition coefficient (Wildman–Crippen LogP) is 2.12. The van der Waals surface area contributed by atoms with Crippen molar-refractivity contribution in [3.8, 4) is 36.0 Å². The number of hydrogen-bond donors (Lipinski definition) is 1. The number of fused-ring (bicyclic) bond motifs is 1. The third-order valence-electron chi connectivity index (χ3n) is 2.70. The summed E-state index contributed by atoms with van der Waals surface area (Å²) < 4.78 is 14.0. The first-order valence-corrected chi connectivity index (χ1v) is 5.63. The van der Waals surface area contributed by atoms with Crippen molar-refractivity contribution in [2.45, 2.75) is 0 Å². The van der Waals surface area contributed by atoms with Crippen LogP contribution in [0, 0.1) is 34.6 Å². The maximum absolute atomic E-state index is 11.3. The molecule has 2 aromatic carbocycles. The molecule has 0 spiro atoms. The molecular formula is C14H5N3O5. The Hall–Kier alpha value is -3.96. The van der Waals surface area contributed by atoms with E-state index in [1.807, 2.05) is 0 Å². The molecule has 106 valence electrons. The Morgan fingerprint density at radius 2 is 1.50 bits per heavy atom. The van der Waals surface area contributed by atoms with Crippen molar-refractivity contribution in [3.05, 3.63) is 29.8 Å². The smallest absolute Gasteiger partial charge is 0.336 e. The van der Waals surface area contributed by atoms with E-state index < -0.39 is 5.97 Å². The molecule has 0 heterocycles. The van der Waals surface area contributed by atoms with Crippen LogP contribution in [0.1, 0.15) is 10.4 Å². The van der Waals surface area contributed by atoms with Crippen molar-refractivity contribution >= 4 is 16.7 Å². The second-order valence-corrected chi connectivity index (χ2v) is 3.88. The van der Waals surface area contributed by atoms with E-state index in [4.69, 9.17) is 15.8 Å². The van der Waals surface area contributed by atoms with Gasteiger partial charge in [0.05, 0.1) is 5.56 Å². The number of rotatable bonds is 4. The molecule has 0 fully saturated rings. The molecule has 8 heteroatoms. The summed E-state index contributed by atoms with van der Waals surface area (Å²) in [4.78, 5) is 11.3. The number of nitriles is 3. The van der Waals surface area contributed by atoms with Gasteiger partial charge in [-0.1, -0.05) is 0 Å². The third-order valence-corrected chi connectivity index (χ3v) is 2.70. The lowest BCUT2D eigenvalue weighted by molar-refractivity contribution is 0.0698. The Balaban J connectivity index is 2.79. The van der Waals surface area contributed by atoms with Crippen molar-refractivity contribution in [2.24, 2.45) is 0 Å². The van der Waals surface area contributed by atoms with Gasteiger partial charge >= 0.3 is 5.97 Å². The second kappa shape index (κ2) is 6.00. The number of benzene rings is 2. The van der Waals surface area contributed by atoms with Gasteiger partial charge < -0.3 is 19.3 Å². The fourth-order valence-corrected chi connectivity index (χ4v) is 1.89. The molecule has 2 aromatic rings. The van der Waals surface area contributed by atoms with Gasteiger partial charge in [0, 0.05) is 5.39 Å². The topological polar surface area (TPSA) is 136 Å². The van der Waals surface area contributed by atoms with Crippen LogP contribution in [-0.2, 0) is 0 Å². The van der Waals surface area contributed by atoms with Gasteiger partial charge in [-0.15, -0.1) is 15.8 Å². The van der Waals surface area contributed by atoms with Gasteiger partial charge in [-0.05, 0) is 29.7 Å². The van der Waals surface area contributed by atoms with Crippen LogP contribution in [-0.4, -0.2) is 11.1 Å². The largest absolute Gasteiger partial charge is 0.478 e. The average molecular weight is 295 g/mol. The van der Waals surface area contributed by atoms with Gasteiger partial charge in [-0.25, -0.2) is 4.79 Å². The van der Waals surface area contributed by atoms with E-state index in [1.165, 1.54) is 37.0 Å². The summed E-state index contributed by atoms with van der Waals surface area (Å²) in [5.41, 5.74) is -0.158. The zero-order valence-corrected chi connectivity index (χ0v) is 10.7. The molecule has 0 saturated carbocycles. The SMILES string of the molecule is N#COc1cc(C(=O)O)c2cc(OC#N)c(OC#N)cc2c1. The first kappa shape index (κ1) is 14.4. The molecule has 0 unspecified atom stereocenters. The van der Waals surface area contributed by atoms with E-state index in [9.17, 15) is 9.90 Å². The molecule has 0 amide bonds. The quantitative estimate of drug-likeness (QED) is 0.846. The van der Waals surface area contributed by atoms with Gasteiger partial charge in [-0.2, -0.15) is 0 Å². The minimum atomic E-state index is -1.26. The van der Waals surface area contributed by atoms with Crippen LogP contribution >= 0.6 is 0 Å². The minimum Gasteiger partial charge on any atom is -0.478 e. The highest BCUT2D eigenvalue weighted by Crippen LogP contribution is 2.36. The Morgan fingerprint density at radius 3 is 2.05 bits per heavy atom. The van der Waals surface area contributed by atoms with E-state index in [-0.39, 0.29) is 28.2 Å². The average Bonchev–Trinajstić information content (AvgIpc) is 2.48. The number of carboxylic acids is 1. The first-order valence-electron chi connectivity index (χ1n) is 5.63. The van der Waals surface area contributed by atoms with Crippen LogP contribution < -0.4 is 14.2 Å². The van der Waals surface area contributed by atoms with Crippen molar-refractivity contribution in [1.29, 1.82) is 15.8 Å². The summed E-state index contributed by atoms with van der Waals surface area (Å²) in [6.07, 6.45) is 4.30. The molecule has 8 nitrogen and oxygen atoms in total. The highest BCUT2D eigenvalue weighted by atomic mass is 16.5. The Morgan fingerprint density at radius 1 is 0.909 bits per heavy atom. The van der Waals surface area contributed by atoms with Crippen molar-refractivity contribution < 1.29 is 24.1 Å². The zero-order valence-electron chi connectivity index (χ0n) is 10.7. The van der Waals surface area contributed by atoms with Gasteiger partial charge in [0.2, 0.25) is 0 Å². The zero-order chi connectivity index (χ0) is 16.1. The standard InChI is InChI=1S/C14H5N3O5/c15-5-20-9-1-8-2-12(21-6-16)13(22-7-17)4-10(8)11(3-9)14(18)19/h1-4H,(H,18,19). The van der Waals surface area contributed by atoms with E-state index in [0.717, 1.165) is 6.07 Å². The molecule has 1 N–H and O–H groups in total. The number of ether oxygens (including phenoxy) is 3. The van der Waals surface area contributed by atoms with Crippen LogP contribution in [0.15, 0.2) is 24.3 Å². The molecule has 2 rings (SSSR count). The van der Waals surface area contributed by atoms with Crippen molar-refractivity contribution in [2.75, 3.05) is 0 Å². The van der Waals surface area contributed by atoms with Crippen molar-refractivity contribution in [1.82, 2.24) is 0 Å². The number of aromatic carboxylic acids is 1. The number of carboxylic acid groups (broad SMARTS) is 1. The van der Waals surface area contributed by atoms with Crippen LogP contribution in [0.25, 0.3) is 10.8 Å². The highest BCUT2D eigenvalue weighted by molar-refractivity contribution is 6.05. The Bertz CT molecular complexity index is 886. The van der Waals surface area contributed by atoms with Gasteiger partial charge in [0.25, 0.3) is 18.8 Å². The lowest BCUT2D eigenvalue weighted by Gasteiger charge is -2.09. The predicted molar refractivity (Wildman–Crippen MR) is 69.6 cm³/mol. The maximum atomic E-state index is 11.3. The molecule has 0 saturated heterocycles. The molecule has 0 aliphatic rings. The fourth-order valence-electron chi connectivity index (χ4n) is 1.89. The Labute approximate surface area is 123 Å². The van der Waals surface area contributed by atoms with Crippen LogP contribution in [0.2, 0.25) is 0 Å². The monoisotopic (exact) mass is 295 g/mol. The minimum absolute atomic E-state index is 0.0178. The lowest BCUT2D eigenvalue weighted by atomic mass is 10.0. The molecular weight excluding hydrogens is 290 g/mol. The maximum Gasteiger partial charge on any atom is 0.336 e. The van der Waals surface area contributed by atoms with Gasteiger partial charge in [-0.3, -0.25) is 0 Å². The van der Waals surface area contributed by atoms with Crippen LogP contribution in [0.4, 0.5) is 0 Å². The van der Waals surface area contributed by atoms with Crippen LogP contribution in [0.3, 0.4) is 0 Å². The number of hydrogen-bond acceptors (Lipinski definition) is 7. The van der Waals surface area contributed by atoms with E-state index in [0.29, 0.717) is 5.39 Å². The molecule has 0 aliphatic carbocycles. The molecule has 0 bridgehead atoms. The molecule has 0 atom stereocenters. The second-order valence-electron chi connectivity index (χ2n) is 3.88. The number of nitrogens with zero attached hydrogens (tertiary/aromatic N) is 3. The van der Waals surface area contributed by atoms with Gasteiger partial charge in [0.15, 0.2) is 11.5 Å². The van der Waals surface area contributed by atoms with Crippen molar-refractivity contribution in [3.63, 3.8) is 0 Å². The summed E-state index contributed by atoms with van der Waals surface area (Å²) in [6, 6.07) is 5.12. The first-order chi connectivity index (χ1) is 10.6. The summed E-state index contributed by atoms with van der Waals surface area (Å²) in [7, 11) is 0. The summed E-state index contributed by atoms with van der Waals surface area (Å²) in [6.45, 7) is 0. The fraction of sp³-hybridized carbons (Fsp3) is 0. The summed E-state index contributed by atoms with van der Waals surface area (Å²) in [5, 5.41) is 35.5.